The molecule has 0 bridgehead atoms. The molecule has 82 valence electrons. The predicted molar refractivity (Wildman–Crippen MR) is 56.2 cm³/mol. The van der Waals surface area contributed by atoms with Gasteiger partial charge in [-0.2, -0.15) is 0 Å². The average Bonchev–Trinajstić information content (AvgIpc) is 2.16. The third-order valence-electron chi connectivity index (χ3n) is 3.78. The second-order valence-electron chi connectivity index (χ2n) is 5.21. The van der Waals surface area contributed by atoms with E-state index < -0.39 is 0 Å². The molecule has 2 nitrogen and oxygen atoms in total. The van der Waals surface area contributed by atoms with Crippen LogP contribution in [0.3, 0.4) is 0 Å². The smallest absolute Gasteiger partial charge is 0.0884 e. The van der Waals surface area contributed by atoms with Crippen molar-refractivity contribution in [1.82, 2.24) is 0 Å². The largest absolute Gasteiger partial charge is 0.375 e. The molecule has 4 atom stereocenters. The van der Waals surface area contributed by atoms with E-state index >= 15 is 0 Å². The highest BCUT2D eigenvalue weighted by atomic mass is 16.6. The van der Waals surface area contributed by atoms with Crippen LogP contribution in [0.25, 0.3) is 0 Å². The molecule has 2 fully saturated rings. The molecular formula is C12H22O2. The van der Waals surface area contributed by atoms with Crippen molar-refractivity contribution >= 4 is 0 Å². The van der Waals surface area contributed by atoms with E-state index in [1.54, 1.807) is 0 Å². The molecule has 0 amide bonds. The molecule has 0 aromatic heterocycles. The van der Waals surface area contributed by atoms with E-state index in [-0.39, 0.29) is 0 Å². The molecule has 0 N–H and O–H groups in total. The fourth-order valence-electron chi connectivity index (χ4n) is 2.56. The van der Waals surface area contributed by atoms with Gasteiger partial charge in [-0.05, 0) is 24.7 Å². The summed E-state index contributed by atoms with van der Waals surface area (Å²) in [4.78, 5) is 0. The molecule has 0 aromatic carbocycles. The molecular weight excluding hydrogens is 176 g/mol. The van der Waals surface area contributed by atoms with Crippen molar-refractivity contribution < 1.29 is 9.47 Å². The first-order valence-corrected chi connectivity index (χ1v) is 5.91. The van der Waals surface area contributed by atoms with Crippen LogP contribution in [0.1, 0.15) is 33.6 Å². The molecule has 2 aliphatic heterocycles. The standard InChI is InChI=1S/C12H22O2/c1-8(2)10-4-5-13-11(6-10)12-9(3)7-14-12/h8-12H,4-7H2,1-3H3. The zero-order valence-electron chi connectivity index (χ0n) is 9.53. The van der Waals surface area contributed by atoms with Gasteiger partial charge in [0.15, 0.2) is 0 Å². The topological polar surface area (TPSA) is 18.5 Å². The quantitative estimate of drug-likeness (QED) is 0.678. The lowest BCUT2D eigenvalue weighted by atomic mass is 9.81. The summed E-state index contributed by atoms with van der Waals surface area (Å²) in [6, 6.07) is 0. The normalized spacial score (nSPS) is 43.7. The van der Waals surface area contributed by atoms with Crippen LogP contribution in [-0.4, -0.2) is 25.4 Å². The zero-order chi connectivity index (χ0) is 10.1. The summed E-state index contributed by atoms with van der Waals surface area (Å²) in [7, 11) is 0. The van der Waals surface area contributed by atoms with Crippen molar-refractivity contribution in [3.63, 3.8) is 0 Å². The Kier molecular flexibility index (Phi) is 3.13. The van der Waals surface area contributed by atoms with Crippen LogP contribution < -0.4 is 0 Å². The summed E-state index contributed by atoms with van der Waals surface area (Å²) in [5.74, 6) is 2.33. The number of ether oxygens (including phenoxy) is 2. The number of hydrogen-bond donors (Lipinski definition) is 0. The number of rotatable bonds is 2. The molecule has 4 unspecified atom stereocenters. The van der Waals surface area contributed by atoms with E-state index in [0.717, 1.165) is 25.0 Å². The third kappa shape index (κ3) is 1.96. The van der Waals surface area contributed by atoms with Gasteiger partial charge < -0.3 is 9.47 Å². The predicted octanol–water partition coefficient (Wildman–Crippen LogP) is 2.47. The van der Waals surface area contributed by atoms with Crippen molar-refractivity contribution in [2.45, 2.75) is 45.8 Å². The van der Waals surface area contributed by atoms with Gasteiger partial charge in [0.2, 0.25) is 0 Å². The second-order valence-corrected chi connectivity index (χ2v) is 5.21. The average molecular weight is 198 g/mol. The van der Waals surface area contributed by atoms with Crippen LogP contribution in [0.2, 0.25) is 0 Å². The van der Waals surface area contributed by atoms with Crippen LogP contribution in [0.4, 0.5) is 0 Å². The van der Waals surface area contributed by atoms with Gasteiger partial charge in [-0.3, -0.25) is 0 Å². The monoisotopic (exact) mass is 198 g/mol. The van der Waals surface area contributed by atoms with E-state index in [2.05, 4.69) is 20.8 Å². The van der Waals surface area contributed by atoms with Gasteiger partial charge in [0, 0.05) is 12.5 Å². The number of hydrogen-bond acceptors (Lipinski definition) is 2. The van der Waals surface area contributed by atoms with E-state index in [4.69, 9.17) is 9.47 Å². The van der Waals surface area contributed by atoms with Gasteiger partial charge in [-0.1, -0.05) is 20.8 Å². The molecule has 0 aromatic rings. The van der Waals surface area contributed by atoms with Gasteiger partial charge in [0.05, 0.1) is 18.8 Å². The van der Waals surface area contributed by atoms with Gasteiger partial charge in [0.1, 0.15) is 0 Å². The maximum atomic E-state index is 5.81. The zero-order valence-corrected chi connectivity index (χ0v) is 9.53. The molecule has 0 saturated carbocycles. The van der Waals surface area contributed by atoms with Gasteiger partial charge in [0.25, 0.3) is 0 Å². The van der Waals surface area contributed by atoms with E-state index in [1.165, 1.54) is 12.8 Å². The summed E-state index contributed by atoms with van der Waals surface area (Å²) in [6.45, 7) is 8.75. The molecule has 2 aliphatic rings. The van der Waals surface area contributed by atoms with E-state index in [0.29, 0.717) is 18.1 Å². The first-order valence-electron chi connectivity index (χ1n) is 5.91. The van der Waals surface area contributed by atoms with Crippen molar-refractivity contribution in [2.24, 2.45) is 17.8 Å². The minimum atomic E-state index is 0.375. The minimum Gasteiger partial charge on any atom is -0.375 e. The van der Waals surface area contributed by atoms with Crippen molar-refractivity contribution in [3.8, 4) is 0 Å². The maximum Gasteiger partial charge on any atom is 0.0884 e. The fraction of sp³-hybridized carbons (Fsp3) is 1.00. The fourth-order valence-corrected chi connectivity index (χ4v) is 2.56. The van der Waals surface area contributed by atoms with E-state index in [9.17, 15) is 0 Å². The Hall–Kier alpha value is -0.0800. The van der Waals surface area contributed by atoms with Crippen LogP contribution in [0.5, 0.6) is 0 Å². The summed E-state index contributed by atoms with van der Waals surface area (Å²) in [5, 5.41) is 0. The first kappa shape index (κ1) is 10.4. The molecule has 14 heavy (non-hydrogen) atoms. The lowest BCUT2D eigenvalue weighted by Gasteiger charge is -2.43. The van der Waals surface area contributed by atoms with Crippen molar-refractivity contribution in [1.29, 1.82) is 0 Å². The minimum absolute atomic E-state index is 0.375. The van der Waals surface area contributed by atoms with Crippen molar-refractivity contribution in [2.75, 3.05) is 13.2 Å². The molecule has 0 spiro atoms. The summed E-state index contributed by atoms with van der Waals surface area (Å²) in [5.41, 5.74) is 0. The summed E-state index contributed by atoms with van der Waals surface area (Å²) in [6.07, 6.45) is 3.19. The molecule has 0 radical (unpaired) electrons. The lowest BCUT2D eigenvalue weighted by molar-refractivity contribution is -0.193. The van der Waals surface area contributed by atoms with Crippen LogP contribution in [0, 0.1) is 17.8 Å². The first-order chi connectivity index (χ1) is 6.68. The van der Waals surface area contributed by atoms with Crippen LogP contribution in [0.15, 0.2) is 0 Å². The molecule has 2 heteroatoms. The van der Waals surface area contributed by atoms with Gasteiger partial charge >= 0.3 is 0 Å². The highest BCUT2D eigenvalue weighted by Gasteiger charge is 2.39. The summed E-state index contributed by atoms with van der Waals surface area (Å²) >= 11 is 0. The van der Waals surface area contributed by atoms with Crippen LogP contribution >= 0.6 is 0 Å². The third-order valence-corrected chi connectivity index (χ3v) is 3.78. The molecule has 2 heterocycles. The Bertz CT molecular complexity index is 188. The second kappa shape index (κ2) is 4.19. The maximum absolute atomic E-state index is 5.81. The van der Waals surface area contributed by atoms with Crippen LogP contribution in [-0.2, 0) is 9.47 Å². The highest BCUT2D eigenvalue weighted by Crippen LogP contribution is 2.34. The molecule has 2 saturated heterocycles. The Morgan fingerprint density at radius 3 is 2.50 bits per heavy atom. The Balaban J connectivity index is 1.87. The van der Waals surface area contributed by atoms with Gasteiger partial charge in [-0.25, -0.2) is 0 Å². The SMILES string of the molecule is CC(C)C1CCOC(C2OCC2C)C1. The molecule has 2 rings (SSSR count). The Morgan fingerprint density at radius 2 is 2.00 bits per heavy atom. The van der Waals surface area contributed by atoms with Crippen molar-refractivity contribution in [3.05, 3.63) is 0 Å². The van der Waals surface area contributed by atoms with Gasteiger partial charge in [-0.15, -0.1) is 0 Å². The lowest BCUT2D eigenvalue weighted by Crippen LogP contribution is -2.50. The Morgan fingerprint density at radius 1 is 1.21 bits per heavy atom. The van der Waals surface area contributed by atoms with E-state index in [1.807, 2.05) is 0 Å². The highest BCUT2D eigenvalue weighted by molar-refractivity contribution is 4.87. The Labute approximate surface area is 87.0 Å². The summed E-state index contributed by atoms with van der Waals surface area (Å²) < 4.78 is 11.4. The molecule has 0 aliphatic carbocycles.